The van der Waals surface area contributed by atoms with Crippen molar-refractivity contribution in [2.45, 2.75) is 6.18 Å². The molecule has 0 atom stereocenters. The molecular formula is C18H15Cl2F3N2O. The van der Waals surface area contributed by atoms with Crippen LogP contribution in [-0.4, -0.2) is 37.0 Å². The molecule has 3 rings (SSSR count). The molecule has 0 bridgehead atoms. The van der Waals surface area contributed by atoms with Gasteiger partial charge in [0.1, 0.15) is 0 Å². The summed E-state index contributed by atoms with van der Waals surface area (Å²) in [5.41, 5.74) is 0.262. The minimum Gasteiger partial charge on any atom is -0.368 e. The summed E-state index contributed by atoms with van der Waals surface area (Å²) in [5.74, 6) is -0.174. The smallest absolute Gasteiger partial charge is 0.368 e. The van der Waals surface area contributed by atoms with Crippen LogP contribution in [0, 0.1) is 0 Å². The Hall–Kier alpha value is -1.92. The first-order chi connectivity index (χ1) is 12.3. The van der Waals surface area contributed by atoms with Crippen LogP contribution in [0.5, 0.6) is 0 Å². The maximum Gasteiger partial charge on any atom is 0.416 e. The van der Waals surface area contributed by atoms with Gasteiger partial charge in [0.05, 0.1) is 15.6 Å². The second kappa shape index (κ2) is 7.37. The molecule has 3 nitrogen and oxygen atoms in total. The summed E-state index contributed by atoms with van der Waals surface area (Å²) in [5, 5.41) is 0.678. The monoisotopic (exact) mass is 402 g/mol. The van der Waals surface area contributed by atoms with Crippen LogP contribution in [0.3, 0.4) is 0 Å². The zero-order valence-corrected chi connectivity index (χ0v) is 15.1. The standard InChI is InChI=1S/C18H15Cl2F3N2O/c19-15-5-4-12(10-16(15)20)17(26)25-8-6-24(7-9-25)14-3-1-2-13(11-14)18(21,22)23/h1-5,10-11H,6-9H2. The first kappa shape index (κ1) is 18.9. The Morgan fingerprint density at radius 2 is 1.62 bits per heavy atom. The van der Waals surface area contributed by atoms with E-state index in [1.54, 1.807) is 23.1 Å². The summed E-state index contributed by atoms with van der Waals surface area (Å²) in [6.07, 6.45) is -4.37. The molecule has 1 aliphatic rings. The van der Waals surface area contributed by atoms with Crippen LogP contribution in [0.4, 0.5) is 18.9 Å². The summed E-state index contributed by atoms with van der Waals surface area (Å²) in [4.78, 5) is 16.0. The molecule has 0 N–H and O–H groups in total. The molecule has 2 aromatic carbocycles. The Morgan fingerprint density at radius 3 is 2.23 bits per heavy atom. The summed E-state index contributed by atoms with van der Waals surface area (Å²) < 4.78 is 38.6. The second-order valence-electron chi connectivity index (χ2n) is 5.96. The van der Waals surface area contributed by atoms with Gasteiger partial charge < -0.3 is 9.80 Å². The molecule has 0 aliphatic carbocycles. The molecule has 138 valence electrons. The van der Waals surface area contributed by atoms with Gasteiger partial charge in [0, 0.05) is 37.4 Å². The number of anilines is 1. The van der Waals surface area contributed by atoms with E-state index in [9.17, 15) is 18.0 Å². The number of halogens is 5. The Kier molecular flexibility index (Phi) is 5.34. The number of benzene rings is 2. The van der Waals surface area contributed by atoms with E-state index >= 15 is 0 Å². The topological polar surface area (TPSA) is 23.6 Å². The molecule has 0 saturated carbocycles. The number of alkyl halides is 3. The molecule has 26 heavy (non-hydrogen) atoms. The number of rotatable bonds is 2. The molecule has 1 fully saturated rings. The summed E-state index contributed by atoms with van der Waals surface area (Å²) >= 11 is 11.8. The van der Waals surface area contributed by atoms with Crippen LogP contribution in [0.1, 0.15) is 15.9 Å². The fraction of sp³-hybridized carbons (Fsp3) is 0.278. The molecule has 1 saturated heterocycles. The highest BCUT2D eigenvalue weighted by atomic mass is 35.5. The summed E-state index contributed by atoms with van der Waals surface area (Å²) in [7, 11) is 0. The lowest BCUT2D eigenvalue weighted by Gasteiger charge is -2.36. The van der Waals surface area contributed by atoms with Crippen LogP contribution >= 0.6 is 23.2 Å². The molecule has 0 spiro atoms. The first-order valence-electron chi connectivity index (χ1n) is 7.92. The van der Waals surface area contributed by atoms with Gasteiger partial charge in [-0.3, -0.25) is 4.79 Å². The van der Waals surface area contributed by atoms with Crippen LogP contribution in [0.2, 0.25) is 10.0 Å². The van der Waals surface area contributed by atoms with Crippen LogP contribution in [0.15, 0.2) is 42.5 Å². The van der Waals surface area contributed by atoms with E-state index in [0.29, 0.717) is 47.5 Å². The summed E-state index contributed by atoms with van der Waals surface area (Å²) in [6.45, 7) is 1.73. The van der Waals surface area contributed by atoms with Crippen molar-refractivity contribution in [3.05, 3.63) is 63.6 Å². The van der Waals surface area contributed by atoms with E-state index in [1.807, 2.05) is 4.90 Å². The average Bonchev–Trinajstić information content (AvgIpc) is 2.63. The fourth-order valence-corrected chi connectivity index (χ4v) is 3.16. The van der Waals surface area contributed by atoms with Crippen molar-refractivity contribution in [1.29, 1.82) is 0 Å². The normalized spacial score (nSPS) is 15.3. The number of carbonyl (C=O) groups is 1. The lowest BCUT2D eigenvalue weighted by atomic mass is 10.1. The largest absolute Gasteiger partial charge is 0.416 e. The van der Waals surface area contributed by atoms with Crippen LogP contribution in [0.25, 0.3) is 0 Å². The second-order valence-corrected chi connectivity index (χ2v) is 6.77. The molecule has 1 heterocycles. The number of hydrogen-bond donors (Lipinski definition) is 0. The predicted molar refractivity (Wildman–Crippen MR) is 96.0 cm³/mol. The van der Waals surface area contributed by atoms with Crippen molar-refractivity contribution < 1.29 is 18.0 Å². The van der Waals surface area contributed by atoms with E-state index in [0.717, 1.165) is 12.1 Å². The minimum atomic E-state index is -4.37. The third-order valence-corrected chi connectivity index (χ3v) is 5.01. The predicted octanol–water partition coefficient (Wildman–Crippen LogP) is 4.97. The number of nitrogens with zero attached hydrogens (tertiary/aromatic N) is 2. The van der Waals surface area contributed by atoms with Gasteiger partial charge in [-0.15, -0.1) is 0 Å². The maximum absolute atomic E-state index is 12.9. The van der Waals surface area contributed by atoms with Gasteiger partial charge in [-0.25, -0.2) is 0 Å². The van der Waals surface area contributed by atoms with E-state index in [4.69, 9.17) is 23.2 Å². The Bertz CT molecular complexity index is 818. The fourth-order valence-electron chi connectivity index (χ4n) is 2.86. The third-order valence-electron chi connectivity index (χ3n) is 4.27. The van der Waals surface area contributed by atoms with Gasteiger partial charge >= 0.3 is 6.18 Å². The quantitative estimate of drug-likeness (QED) is 0.707. The van der Waals surface area contributed by atoms with Crippen molar-refractivity contribution in [3.63, 3.8) is 0 Å². The van der Waals surface area contributed by atoms with E-state index in [-0.39, 0.29) is 5.91 Å². The molecule has 0 aromatic heterocycles. The molecule has 0 unspecified atom stereocenters. The molecular weight excluding hydrogens is 388 g/mol. The van der Waals surface area contributed by atoms with E-state index in [1.165, 1.54) is 12.1 Å². The summed E-state index contributed by atoms with van der Waals surface area (Å²) in [6, 6.07) is 9.91. The number of hydrogen-bond acceptors (Lipinski definition) is 2. The van der Waals surface area contributed by atoms with Gasteiger partial charge in [-0.2, -0.15) is 13.2 Å². The molecule has 1 amide bonds. The van der Waals surface area contributed by atoms with Crippen molar-refractivity contribution in [2.75, 3.05) is 31.1 Å². The Labute approximate surface area is 158 Å². The average molecular weight is 403 g/mol. The Morgan fingerprint density at radius 1 is 0.923 bits per heavy atom. The molecule has 2 aromatic rings. The van der Waals surface area contributed by atoms with Gasteiger partial charge in [-0.05, 0) is 36.4 Å². The number of carbonyl (C=O) groups excluding carboxylic acids is 1. The van der Waals surface area contributed by atoms with Crippen molar-refractivity contribution in [1.82, 2.24) is 4.90 Å². The lowest BCUT2D eigenvalue weighted by molar-refractivity contribution is -0.137. The van der Waals surface area contributed by atoms with Crippen molar-refractivity contribution >= 4 is 34.8 Å². The van der Waals surface area contributed by atoms with Gasteiger partial charge in [0.25, 0.3) is 5.91 Å². The minimum absolute atomic E-state index is 0.174. The SMILES string of the molecule is O=C(c1ccc(Cl)c(Cl)c1)N1CCN(c2cccc(C(F)(F)F)c2)CC1. The highest BCUT2D eigenvalue weighted by Crippen LogP contribution is 2.32. The highest BCUT2D eigenvalue weighted by molar-refractivity contribution is 6.42. The van der Waals surface area contributed by atoms with Crippen LogP contribution < -0.4 is 4.90 Å². The molecule has 0 radical (unpaired) electrons. The third kappa shape index (κ3) is 4.07. The molecule has 8 heteroatoms. The van der Waals surface area contributed by atoms with E-state index in [2.05, 4.69) is 0 Å². The van der Waals surface area contributed by atoms with E-state index < -0.39 is 11.7 Å². The zero-order chi connectivity index (χ0) is 18.9. The van der Waals surface area contributed by atoms with Crippen molar-refractivity contribution in [2.24, 2.45) is 0 Å². The van der Waals surface area contributed by atoms with Gasteiger partial charge in [0.15, 0.2) is 0 Å². The zero-order valence-electron chi connectivity index (χ0n) is 13.6. The van der Waals surface area contributed by atoms with Gasteiger partial charge in [-0.1, -0.05) is 29.3 Å². The lowest BCUT2D eigenvalue weighted by Crippen LogP contribution is -2.48. The van der Waals surface area contributed by atoms with Gasteiger partial charge in [0.2, 0.25) is 0 Å². The number of amides is 1. The Balaban J connectivity index is 1.67. The van der Waals surface area contributed by atoms with Crippen molar-refractivity contribution in [3.8, 4) is 0 Å². The first-order valence-corrected chi connectivity index (χ1v) is 8.68. The van der Waals surface area contributed by atoms with Crippen LogP contribution in [-0.2, 0) is 6.18 Å². The number of piperazine rings is 1. The maximum atomic E-state index is 12.9. The highest BCUT2D eigenvalue weighted by Gasteiger charge is 2.31. The molecule has 1 aliphatic heterocycles.